The first-order chi connectivity index (χ1) is 21.3. The van der Waals surface area contributed by atoms with Gasteiger partial charge in [-0.05, 0) is 77.6 Å². The van der Waals surface area contributed by atoms with E-state index >= 15 is 0 Å². The molecule has 3 N–H and O–H groups in total. The number of ether oxygens (including phenoxy) is 3. The number of carbonyl (C=O) groups excluding carboxylic acids is 2. The van der Waals surface area contributed by atoms with Gasteiger partial charge in [-0.25, -0.2) is 19.2 Å². The molecule has 0 spiro atoms. The number of hydrogen-bond donors (Lipinski definition) is 3. The highest BCUT2D eigenvalue weighted by Gasteiger charge is 2.41. The van der Waals surface area contributed by atoms with Crippen LogP contribution >= 0.6 is 0 Å². The summed E-state index contributed by atoms with van der Waals surface area (Å²) in [6.45, 7) is 13.6. The highest BCUT2D eigenvalue weighted by molar-refractivity contribution is 5.95. The molecule has 3 rings (SSSR count). The lowest BCUT2D eigenvalue weighted by atomic mass is 9.94. The normalized spacial score (nSPS) is 13.2. The van der Waals surface area contributed by atoms with Gasteiger partial charge in [-0.1, -0.05) is 41.5 Å². The Balaban J connectivity index is 0.000000355. The van der Waals surface area contributed by atoms with Crippen molar-refractivity contribution < 1.29 is 43.6 Å². The number of aryl methyl sites for hydroxylation is 2. The highest BCUT2D eigenvalue weighted by Crippen LogP contribution is 2.24. The van der Waals surface area contributed by atoms with Crippen molar-refractivity contribution in [1.82, 2.24) is 10.3 Å². The maximum Gasteiger partial charge on any atom is 0.349 e. The van der Waals surface area contributed by atoms with E-state index in [1.807, 2.05) is 39.2 Å². The minimum atomic E-state index is -2.22. The Morgan fingerprint density at radius 2 is 1.24 bits per heavy atom. The fraction of sp³-hybridized carbons (Fsp3) is 0.324. The number of esters is 2. The molecule has 1 aromatic heterocycles. The second-order valence-corrected chi connectivity index (χ2v) is 10.5. The van der Waals surface area contributed by atoms with Crippen LogP contribution in [0, 0.1) is 13.8 Å². The number of carboxylic acids is 2. The summed E-state index contributed by atoms with van der Waals surface area (Å²) in [6.07, 6.45) is 1.27. The number of likely N-dealkylation sites (N-methyl/N-ethyl adjacent to an activating group) is 1. The zero-order valence-corrected chi connectivity index (χ0v) is 26.2. The number of nitrogens with zero attached hydrogens (tertiary/aromatic N) is 1. The summed E-state index contributed by atoms with van der Waals surface area (Å²) in [5, 5.41) is 21.9. The topological polar surface area (TPSA) is 161 Å². The number of hydrogen-bond acceptors (Lipinski definition) is 9. The molecule has 45 heavy (non-hydrogen) atoms. The van der Waals surface area contributed by atoms with E-state index in [-0.39, 0.29) is 23.1 Å². The van der Waals surface area contributed by atoms with Gasteiger partial charge in [0.05, 0.1) is 23.4 Å². The van der Waals surface area contributed by atoms with Gasteiger partial charge < -0.3 is 29.7 Å². The minimum Gasteiger partial charge on any atom is -0.489 e. The Bertz CT molecular complexity index is 1380. The zero-order chi connectivity index (χ0) is 33.7. The fourth-order valence-electron chi connectivity index (χ4n) is 3.99. The molecule has 0 aliphatic rings. The van der Waals surface area contributed by atoms with Crippen LogP contribution in [0.1, 0.15) is 64.1 Å². The van der Waals surface area contributed by atoms with Gasteiger partial charge in [0, 0.05) is 18.2 Å². The number of carboxylic acid groups (broad SMARTS) is 2. The number of aliphatic carboxylic acids is 2. The predicted molar refractivity (Wildman–Crippen MR) is 167 cm³/mol. The van der Waals surface area contributed by atoms with Gasteiger partial charge in [-0.15, -0.1) is 6.58 Å². The van der Waals surface area contributed by atoms with Crippen LogP contribution in [0.4, 0.5) is 0 Å². The summed E-state index contributed by atoms with van der Waals surface area (Å²) in [5.41, 5.74) is 2.92. The van der Waals surface area contributed by atoms with Crippen molar-refractivity contribution in [3.05, 3.63) is 107 Å². The molecule has 0 aliphatic heterocycles. The van der Waals surface area contributed by atoms with Crippen molar-refractivity contribution in [2.75, 3.05) is 7.05 Å². The van der Waals surface area contributed by atoms with Crippen LogP contribution in [0.25, 0.3) is 0 Å². The molecule has 0 saturated heterocycles. The Morgan fingerprint density at radius 1 is 0.800 bits per heavy atom. The summed E-state index contributed by atoms with van der Waals surface area (Å²) < 4.78 is 15.3. The molecule has 0 fully saturated rings. The van der Waals surface area contributed by atoms with E-state index in [2.05, 4.69) is 23.8 Å². The lowest BCUT2D eigenvalue weighted by Gasteiger charge is -2.21. The summed E-state index contributed by atoms with van der Waals surface area (Å²) in [5.74, 6) is -4.57. The number of aromatic nitrogens is 1. The molecule has 0 saturated carbocycles. The van der Waals surface area contributed by atoms with Gasteiger partial charge in [-0.3, -0.25) is 4.98 Å². The number of pyridine rings is 1. The molecule has 1 heterocycles. The molecule has 0 radical (unpaired) electrons. The third-order valence-corrected chi connectivity index (χ3v) is 6.54. The molecule has 4 atom stereocenters. The van der Waals surface area contributed by atoms with E-state index in [1.165, 1.54) is 24.3 Å². The van der Waals surface area contributed by atoms with E-state index in [4.69, 9.17) is 14.2 Å². The van der Waals surface area contributed by atoms with E-state index in [0.717, 1.165) is 22.4 Å². The van der Waals surface area contributed by atoms with Crippen LogP contribution < -0.4 is 10.1 Å². The maximum absolute atomic E-state index is 12.2. The van der Waals surface area contributed by atoms with Gasteiger partial charge >= 0.3 is 23.9 Å². The van der Waals surface area contributed by atoms with Crippen LogP contribution in [0.15, 0.2) is 79.6 Å². The summed E-state index contributed by atoms with van der Waals surface area (Å²) in [7, 11) is 1.95. The Morgan fingerprint density at radius 3 is 1.60 bits per heavy atom. The van der Waals surface area contributed by atoms with Crippen LogP contribution in [0.5, 0.6) is 5.75 Å². The van der Waals surface area contributed by atoms with Crippen molar-refractivity contribution in [1.29, 1.82) is 0 Å². The molecule has 3 aromatic rings. The standard InChI is InChI=1S/C20H18O8.C14H22N2O/c1-11-3-7-13(8-4-11)19(25)27-15(17(21)22)16(18(23)24)28-20(26)14-9-5-12(2)6-10-14;1-6-14(11(4)15-5)12-7-13(9-16-8-12)17-10(2)3/h3-10,15-16H,1-2H3,(H,21,22)(H,23,24);6-11,14-15H,1H2,2-5H3/t;11-,14?/m.0/s1. The summed E-state index contributed by atoms with van der Waals surface area (Å²) in [4.78, 5) is 51.6. The number of rotatable bonds is 13. The van der Waals surface area contributed by atoms with Crippen molar-refractivity contribution in [3.8, 4) is 5.75 Å². The summed E-state index contributed by atoms with van der Waals surface area (Å²) in [6, 6.07) is 14.4. The summed E-state index contributed by atoms with van der Waals surface area (Å²) >= 11 is 0. The molecule has 11 nitrogen and oxygen atoms in total. The van der Waals surface area contributed by atoms with Gasteiger partial charge in [0.25, 0.3) is 0 Å². The number of nitrogens with one attached hydrogen (secondary N) is 1. The van der Waals surface area contributed by atoms with Crippen LogP contribution in [-0.2, 0) is 19.1 Å². The molecular weight excluding hydrogens is 580 g/mol. The Labute approximate surface area is 262 Å². The molecule has 240 valence electrons. The van der Waals surface area contributed by atoms with Crippen molar-refractivity contribution in [2.45, 2.75) is 64.9 Å². The van der Waals surface area contributed by atoms with Gasteiger partial charge in [0.1, 0.15) is 5.75 Å². The van der Waals surface area contributed by atoms with E-state index in [9.17, 15) is 29.4 Å². The first-order valence-electron chi connectivity index (χ1n) is 14.2. The molecule has 2 aromatic carbocycles. The van der Waals surface area contributed by atoms with E-state index in [1.54, 1.807) is 44.3 Å². The molecule has 0 bridgehead atoms. The van der Waals surface area contributed by atoms with Crippen molar-refractivity contribution in [3.63, 3.8) is 0 Å². The Kier molecular flexibility index (Phi) is 13.9. The smallest absolute Gasteiger partial charge is 0.349 e. The molecule has 3 unspecified atom stereocenters. The zero-order valence-electron chi connectivity index (χ0n) is 26.2. The van der Waals surface area contributed by atoms with Gasteiger partial charge in [-0.2, -0.15) is 0 Å². The third kappa shape index (κ3) is 11.2. The van der Waals surface area contributed by atoms with Crippen molar-refractivity contribution >= 4 is 23.9 Å². The lowest BCUT2D eigenvalue weighted by Crippen LogP contribution is -2.45. The highest BCUT2D eigenvalue weighted by atomic mass is 16.6. The van der Waals surface area contributed by atoms with Crippen molar-refractivity contribution in [2.24, 2.45) is 0 Å². The monoisotopic (exact) mass is 620 g/mol. The first-order valence-corrected chi connectivity index (χ1v) is 14.2. The SMILES string of the molecule is C=CC(c1cncc(OC(C)C)c1)[C@H](C)NC.Cc1ccc(C(=O)OC(C(=O)O)C(OC(=O)c2ccc(C)cc2)C(=O)O)cc1. The van der Waals surface area contributed by atoms with Crippen LogP contribution in [-0.4, -0.2) is 70.5 Å². The largest absolute Gasteiger partial charge is 0.489 e. The molecular formula is C34H40N2O9. The minimum absolute atomic E-state index is 0.0332. The molecule has 11 heteroatoms. The molecule has 0 aliphatic carbocycles. The third-order valence-electron chi connectivity index (χ3n) is 6.54. The van der Waals surface area contributed by atoms with Crippen LogP contribution in [0.3, 0.4) is 0 Å². The number of carbonyl (C=O) groups is 4. The molecule has 0 amide bonds. The maximum atomic E-state index is 12.2. The van der Waals surface area contributed by atoms with Gasteiger partial charge in [0.15, 0.2) is 0 Å². The second kappa shape index (κ2) is 17.3. The first kappa shape index (κ1) is 36.2. The lowest BCUT2D eigenvalue weighted by molar-refractivity contribution is -0.166. The van der Waals surface area contributed by atoms with Gasteiger partial charge in [0.2, 0.25) is 12.2 Å². The average molecular weight is 621 g/mol. The van der Waals surface area contributed by atoms with E-state index in [0.29, 0.717) is 6.04 Å². The van der Waals surface area contributed by atoms with Crippen LogP contribution in [0.2, 0.25) is 0 Å². The van der Waals surface area contributed by atoms with E-state index < -0.39 is 36.1 Å². The Hall–Kier alpha value is -5.03. The average Bonchev–Trinajstić information content (AvgIpc) is 2.99. The number of benzene rings is 2. The fourth-order valence-corrected chi connectivity index (χ4v) is 3.99. The quantitative estimate of drug-likeness (QED) is 0.175. The predicted octanol–water partition coefficient (Wildman–Crippen LogP) is 4.97. The second-order valence-electron chi connectivity index (χ2n) is 10.5.